The summed E-state index contributed by atoms with van der Waals surface area (Å²) in [6.07, 6.45) is -0.927. The number of rotatable bonds is 4. The highest BCUT2D eigenvalue weighted by atomic mass is 79.9. The fourth-order valence-electron chi connectivity index (χ4n) is 1.30. The summed E-state index contributed by atoms with van der Waals surface area (Å²) in [6, 6.07) is -0.970. The summed E-state index contributed by atoms with van der Waals surface area (Å²) in [5.41, 5.74) is 0.474. The van der Waals surface area contributed by atoms with Gasteiger partial charge < -0.3 is 5.32 Å². The first kappa shape index (κ1) is 11.6. The molecular weight excluding hydrogens is 256 g/mol. The Morgan fingerprint density at radius 2 is 2.29 bits per heavy atom. The van der Waals surface area contributed by atoms with Crippen molar-refractivity contribution in [2.24, 2.45) is 7.05 Å². The van der Waals surface area contributed by atoms with Gasteiger partial charge in [-0.05, 0) is 22.5 Å². The molecule has 1 heterocycles. The lowest BCUT2D eigenvalue weighted by Crippen LogP contribution is -2.29. The van der Waals surface area contributed by atoms with Gasteiger partial charge in [0.15, 0.2) is 0 Å². The average Bonchev–Trinajstić information content (AvgIpc) is 2.43. The van der Waals surface area contributed by atoms with Gasteiger partial charge in [-0.25, -0.2) is 8.78 Å². The maximum atomic E-state index is 12.7. The van der Waals surface area contributed by atoms with Crippen LogP contribution in [0.3, 0.4) is 0 Å². The molecule has 0 spiro atoms. The van der Waals surface area contributed by atoms with Gasteiger partial charge in [0.2, 0.25) is 0 Å². The third-order valence-corrected chi connectivity index (χ3v) is 2.52. The minimum atomic E-state index is -2.44. The van der Waals surface area contributed by atoms with Gasteiger partial charge >= 0.3 is 0 Å². The Morgan fingerprint density at radius 3 is 2.64 bits per heavy atom. The predicted molar refractivity (Wildman–Crippen MR) is 53.3 cm³/mol. The molecule has 1 unspecified atom stereocenters. The molecule has 1 aromatic rings. The predicted octanol–water partition coefficient (Wildman–Crippen LogP) is 2.10. The van der Waals surface area contributed by atoms with Crippen LogP contribution >= 0.6 is 15.9 Å². The lowest BCUT2D eigenvalue weighted by Gasteiger charge is -2.17. The van der Waals surface area contributed by atoms with Crippen molar-refractivity contribution < 1.29 is 8.78 Å². The van der Waals surface area contributed by atoms with E-state index in [1.807, 2.05) is 0 Å². The van der Waals surface area contributed by atoms with Gasteiger partial charge in [0.1, 0.15) is 6.04 Å². The molecule has 14 heavy (non-hydrogen) atoms. The number of hydrogen-bond donors (Lipinski definition) is 1. The average molecular weight is 268 g/mol. The molecule has 0 aliphatic carbocycles. The second kappa shape index (κ2) is 4.84. The van der Waals surface area contributed by atoms with E-state index in [-0.39, 0.29) is 0 Å². The third kappa shape index (κ3) is 2.30. The number of hydrogen-bond acceptors (Lipinski definition) is 2. The molecule has 0 bridgehead atoms. The lowest BCUT2D eigenvalue weighted by atomic mass is 10.2. The number of aromatic nitrogens is 2. The largest absolute Gasteiger partial charge is 0.304 e. The standard InChI is InChI=1S/C8H12BrF2N3/c1-3-12-6(8(10)11)7-5(9)4-13-14(7)2/h4,6,8,12H,3H2,1-2H3. The van der Waals surface area contributed by atoms with Crippen molar-refractivity contribution >= 4 is 15.9 Å². The summed E-state index contributed by atoms with van der Waals surface area (Å²) in [7, 11) is 1.65. The van der Waals surface area contributed by atoms with E-state index < -0.39 is 12.5 Å². The van der Waals surface area contributed by atoms with Crippen molar-refractivity contribution in [1.82, 2.24) is 15.1 Å². The van der Waals surface area contributed by atoms with Crippen LogP contribution in [-0.4, -0.2) is 22.8 Å². The zero-order valence-electron chi connectivity index (χ0n) is 7.97. The van der Waals surface area contributed by atoms with E-state index in [1.54, 1.807) is 14.0 Å². The second-order valence-electron chi connectivity index (χ2n) is 2.87. The Bertz CT molecular complexity index is 281. The summed E-state index contributed by atoms with van der Waals surface area (Å²) in [6.45, 7) is 2.28. The van der Waals surface area contributed by atoms with Crippen molar-refractivity contribution in [3.8, 4) is 0 Å². The lowest BCUT2D eigenvalue weighted by molar-refractivity contribution is 0.0952. The van der Waals surface area contributed by atoms with Gasteiger partial charge in [0, 0.05) is 7.05 Å². The molecule has 0 fully saturated rings. The van der Waals surface area contributed by atoms with Crippen LogP contribution in [0.25, 0.3) is 0 Å². The number of halogens is 3. The van der Waals surface area contributed by atoms with Crippen LogP contribution in [0, 0.1) is 0 Å². The molecule has 6 heteroatoms. The second-order valence-corrected chi connectivity index (χ2v) is 3.73. The van der Waals surface area contributed by atoms with Crippen molar-refractivity contribution in [2.45, 2.75) is 19.4 Å². The van der Waals surface area contributed by atoms with Crippen LogP contribution in [0.1, 0.15) is 18.7 Å². The number of alkyl halides is 2. The fraction of sp³-hybridized carbons (Fsp3) is 0.625. The van der Waals surface area contributed by atoms with Gasteiger partial charge in [0.05, 0.1) is 16.4 Å². The molecule has 0 saturated heterocycles. The van der Waals surface area contributed by atoms with E-state index in [4.69, 9.17) is 0 Å². The number of nitrogens with zero attached hydrogens (tertiary/aromatic N) is 2. The molecule has 80 valence electrons. The molecule has 0 amide bonds. The Morgan fingerprint density at radius 1 is 1.64 bits per heavy atom. The van der Waals surface area contributed by atoms with Gasteiger partial charge in [-0.15, -0.1) is 0 Å². The van der Waals surface area contributed by atoms with Gasteiger partial charge in [-0.2, -0.15) is 5.10 Å². The first-order chi connectivity index (χ1) is 6.57. The van der Waals surface area contributed by atoms with Crippen LogP contribution in [0.2, 0.25) is 0 Å². The maximum absolute atomic E-state index is 12.7. The Kier molecular flexibility index (Phi) is 4.00. The first-order valence-corrected chi connectivity index (χ1v) is 5.06. The quantitative estimate of drug-likeness (QED) is 0.906. The zero-order chi connectivity index (χ0) is 10.7. The molecule has 1 N–H and O–H groups in total. The van der Waals surface area contributed by atoms with Crippen LogP contribution in [0.15, 0.2) is 10.7 Å². The third-order valence-electron chi connectivity index (χ3n) is 1.91. The molecule has 3 nitrogen and oxygen atoms in total. The highest BCUT2D eigenvalue weighted by molar-refractivity contribution is 9.10. The SMILES string of the molecule is CCNC(c1c(Br)cnn1C)C(F)F. The normalized spacial score (nSPS) is 13.6. The van der Waals surface area contributed by atoms with Crippen molar-refractivity contribution in [3.63, 3.8) is 0 Å². The summed E-state index contributed by atoms with van der Waals surface area (Å²) >= 11 is 3.20. The van der Waals surface area contributed by atoms with Gasteiger partial charge in [0.25, 0.3) is 6.43 Å². The van der Waals surface area contributed by atoms with E-state index >= 15 is 0 Å². The maximum Gasteiger partial charge on any atom is 0.259 e. The zero-order valence-corrected chi connectivity index (χ0v) is 9.55. The van der Waals surface area contributed by atoms with Crippen LogP contribution < -0.4 is 5.32 Å². The summed E-state index contributed by atoms with van der Waals surface area (Å²) in [5.74, 6) is 0. The summed E-state index contributed by atoms with van der Waals surface area (Å²) in [4.78, 5) is 0. The molecular formula is C8H12BrF2N3. The molecule has 0 aliphatic rings. The monoisotopic (exact) mass is 267 g/mol. The van der Waals surface area contributed by atoms with Crippen LogP contribution in [0.5, 0.6) is 0 Å². The van der Waals surface area contributed by atoms with Gasteiger partial charge in [-0.1, -0.05) is 6.92 Å². The smallest absolute Gasteiger partial charge is 0.259 e. The van der Waals surface area contributed by atoms with Crippen molar-refractivity contribution in [3.05, 3.63) is 16.4 Å². The molecule has 0 aromatic carbocycles. The molecule has 1 aromatic heterocycles. The fourth-order valence-corrected chi connectivity index (χ4v) is 1.89. The highest BCUT2D eigenvalue weighted by Crippen LogP contribution is 2.26. The Labute approximate surface area is 89.6 Å². The number of aryl methyl sites for hydroxylation is 1. The van der Waals surface area contributed by atoms with E-state index in [0.717, 1.165) is 0 Å². The summed E-state index contributed by atoms with van der Waals surface area (Å²) in [5, 5.41) is 6.62. The van der Waals surface area contributed by atoms with Gasteiger partial charge in [-0.3, -0.25) is 4.68 Å². The molecule has 1 atom stereocenters. The topological polar surface area (TPSA) is 29.9 Å². The van der Waals surface area contributed by atoms with E-state index in [2.05, 4.69) is 26.3 Å². The minimum Gasteiger partial charge on any atom is -0.304 e. The van der Waals surface area contributed by atoms with E-state index in [9.17, 15) is 8.78 Å². The molecule has 0 radical (unpaired) electrons. The van der Waals surface area contributed by atoms with Crippen LogP contribution in [-0.2, 0) is 7.05 Å². The molecule has 0 aliphatic heterocycles. The Balaban J connectivity index is 2.98. The van der Waals surface area contributed by atoms with E-state index in [0.29, 0.717) is 16.7 Å². The first-order valence-electron chi connectivity index (χ1n) is 4.26. The molecule has 1 rings (SSSR count). The van der Waals surface area contributed by atoms with Crippen LogP contribution in [0.4, 0.5) is 8.78 Å². The highest BCUT2D eigenvalue weighted by Gasteiger charge is 2.26. The number of nitrogens with one attached hydrogen (secondary N) is 1. The van der Waals surface area contributed by atoms with E-state index in [1.165, 1.54) is 10.9 Å². The molecule has 0 saturated carbocycles. The summed E-state index contributed by atoms with van der Waals surface area (Å²) < 4.78 is 27.4. The van der Waals surface area contributed by atoms with Crippen molar-refractivity contribution in [2.75, 3.05) is 6.54 Å². The van der Waals surface area contributed by atoms with Crippen molar-refractivity contribution in [1.29, 1.82) is 0 Å². The Hall–Kier alpha value is -0.490. The minimum absolute atomic E-state index is 0.474.